The van der Waals surface area contributed by atoms with Gasteiger partial charge in [0.2, 0.25) is 10.0 Å². The van der Waals surface area contributed by atoms with Gasteiger partial charge in [-0.1, -0.05) is 37.3 Å². The molecule has 0 N–H and O–H groups in total. The Hall–Kier alpha value is -2.04. The summed E-state index contributed by atoms with van der Waals surface area (Å²) < 4.78 is 28.0. The molecule has 10 heteroatoms. The van der Waals surface area contributed by atoms with Crippen LogP contribution in [0.15, 0.2) is 47.4 Å². The SMILES string of the molecule is CCN(CC)S(=O)(=O)c1ccc(C(=O)N(CCCN(C)C)c2nc3c(C)cccc3s2)cc1.Cl. The molecule has 0 unspecified atom stereocenters. The molecule has 0 saturated heterocycles. The highest BCUT2D eigenvalue weighted by molar-refractivity contribution is 7.89. The Morgan fingerprint density at radius 2 is 1.65 bits per heavy atom. The molecule has 0 bridgehead atoms. The number of anilines is 1. The number of aryl methyl sites for hydroxylation is 1. The molecular formula is C24H33ClN4O3S2. The highest BCUT2D eigenvalue weighted by Gasteiger charge is 2.24. The maximum absolute atomic E-state index is 13.5. The Labute approximate surface area is 212 Å². The number of carbonyl (C=O) groups excluding carboxylic acids is 1. The molecule has 0 saturated carbocycles. The molecule has 186 valence electrons. The molecule has 1 amide bonds. The Morgan fingerprint density at radius 3 is 2.21 bits per heavy atom. The van der Waals surface area contributed by atoms with E-state index in [1.54, 1.807) is 17.0 Å². The van der Waals surface area contributed by atoms with E-state index in [4.69, 9.17) is 4.98 Å². The smallest absolute Gasteiger partial charge is 0.260 e. The van der Waals surface area contributed by atoms with Crippen LogP contribution >= 0.6 is 23.7 Å². The van der Waals surface area contributed by atoms with E-state index in [2.05, 4.69) is 4.90 Å². The van der Waals surface area contributed by atoms with E-state index in [1.165, 1.54) is 27.8 Å². The fourth-order valence-corrected chi connectivity index (χ4v) is 6.18. The summed E-state index contributed by atoms with van der Waals surface area (Å²) in [5.41, 5.74) is 2.42. The van der Waals surface area contributed by atoms with E-state index in [0.717, 1.165) is 28.7 Å². The standard InChI is InChI=1S/C24H32N4O3S2.ClH/c1-6-27(7-2)33(30,31)20-14-12-19(13-15-20)23(29)28(17-9-16-26(4)5)24-25-22-18(3)10-8-11-21(22)32-24;/h8,10-15H,6-7,9,16-17H2,1-5H3;1H. The summed E-state index contributed by atoms with van der Waals surface area (Å²) in [6.07, 6.45) is 0.794. The van der Waals surface area contributed by atoms with Gasteiger partial charge in [-0.15, -0.1) is 12.4 Å². The third kappa shape index (κ3) is 6.14. The third-order valence-electron chi connectivity index (χ3n) is 5.52. The molecule has 0 aliphatic carbocycles. The summed E-state index contributed by atoms with van der Waals surface area (Å²) in [6, 6.07) is 12.2. The van der Waals surface area contributed by atoms with Crippen molar-refractivity contribution < 1.29 is 13.2 Å². The largest absolute Gasteiger partial charge is 0.309 e. The number of carbonyl (C=O) groups is 1. The van der Waals surface area contributed by atoms with Crippen molar-refractivity contribution in [1.82, 2.24) is 14.2 Å². The van der Waals surface area contributed by atoms with Gasteiger partial charge in [-0.2, -0.15) is 4.31 Å². The van der Waals surface area contributed by atoms with Crippen molar-refractivity contribution in [1.29, 1.82) is 0 Å². The average molecular weight is 525 g/mol. The summed E-state index contributed by atoms with van der Waals surface area (Å²) in [4.78, 5) is 22.3. The highest BCUT2D eigenvalue weighted by atomic mass is 35.5. The van der Waals surface area contributed by atoms with Crippen LogP contribution in [-0.4, -0.2) is 68.8 Å². The first-order valence-electron chi connectivity index (χ1n) is 11.1. The van der Waals surface area contributed by atoms with Crippen molar-refractivity contribution in [3.63, 3.8) is 0 Å². The van der Waals surface area contributed by atoms with E-state index in [9.17, 15) is 13.2 Å². The molecule has 0 aliphatic rings. The Balaban J connectivity index is 0.00000408. The van der Waals surface area contributed by atoms with E-state index in [-0.39, 0.29) is 23.2 Å². The Bertz CT molecular complexity index is 1210. The van der Waals surface area contributed by atoms with Crippen LogP contribution in [0.4, 0.5) is 5.13 Å². The van der Waals surface area contributed by atoms with Crippen molar-refractivity contribution in [3.8, 4) is 0 Å². The molecule has 2 aromatic carbocycles. The number of amides is 1. The summed E-state index contributed by atoms with van der Waals surface area (Å²) in [5.74, 6) is -0.183. The van der Waals surface area contributed by atoms with Crippen molar-refractivity contribution in [2.75, 3.05) is 45.2 Å². The summed E-state index contributed by atoms with van der Waals surface area (Å²) in [5, 5.41) is 0.655. The van der Waals surface area contributed by atoms with Crippen molar-refractivity contribution >= 4 is 55.0 Å². The highest BCUT2D eigenvalue weighted by Crippen LogP contribution is 2.31. The Morgan fingerprint density at radius 1 is 1.00 bits per heavy atom. The maximum Gasteiger partial charge on any atom is 0.260 e. The van der Waals surface area contributed by atoms with Gasteiger partial charge in [0.15, 0.2) is 5.13 Å². The topological polar surface area (TPSA) is 73.8 Å². The number of hydrogen-bond acceptors (Lipinski definition) is 6. The van der Waals surface area contributed by atoms with Crippen LogP contribution < -0.4 is 4.90 Å². The maximum atomic E-state index is 13.5. The molecule has 7 nitrogen and oxygen atoms in total. The lowest BCUT2D eigenvalue weighted by Crippen LogP contribution is -2.33. The quantitative estimate of drug-likeness (QED) is 0.386. The zero-order valence-electron chi connectivity index (χ0n) is 20.3. The zero-order valence-corrected chi connectivity index (χ0v) is 22.8. The number of fused-ring (bicyclic) bond motifs is 1. The van der Waals surface area contributed by atoms with E-state index >= 15 is 0 Å². The lowest BCUT2D eigenvalue weighted by atomic mass is 10.2. The van der Waals surface area contributed by atoms with Crippen LogP contribution in [0, 0.1) is 6.92 Å². The molecule has 3 rings (SSSR count). The first kappa shape index (κ1) is 28.2. The van der Waals surface area contributed by atoms with Crippen LogP contribution in [0.5, 0.6) is 0 Å². The number of sulfonamides is 1. The summed E-state index contributed by atoms with van der Waals surface area (Å²) in [7, 11) is 0.435. The molecule has 0 aliphatic heterocycles. The fourth-order valence-electron chi connectivity index (χ4n) is 3.66. The molecular weight excluding hydrogens is 492 g/mol. The molecule has 3 aromatic rings. The second kappa shape index (κ2) is 12.1. The number of rotatable bonds is 10. The molecule has 1 aromatic heterocycles. The van der Waals surface area contributed by atoms with Crippen LogP contribution in [-0.2, 0) is 10.0 Å². The molecule has 0 fully saturated rings. The molecule has 0 spiro atoms. The van der Waals surface area contributed by atoms with Gasteiger partial charge in [-0.3, -0.25) is 9.69 Å². The van der Waals surface area contributed by atoms with E-state index < -0.39 is 10.0 Å². The number of benzene rings is 2. The van der Waals surface area contributed by atoms with Gasteiger partial charge in [0.25, 0.3) is 5.91 Å². The predicted molar refractivity (Wildman–Crippen MR) is 143 cm³/mol. The lowest BCUT2D eigenvalue weighted by Gasteiger charge is -2.22. The van der Waals surface area contributed by atoms with Gasteiger partial charge in [0, 0.05) is 25.2 Å². The third-order valence-corrected chi connectivity index (χ3v) is 8.62. The number of aromatic nitrogens is 1. The number of para-hydroxylation sites is 1. The van der Waals surface area contributed by atoms with Gasteiger partial charge in [0.1, 0.15) is 0 Å². The van der Waals surface area contributed by atoms with Crippen molar-refractivity contribution in [3.05, 3.63) is 53.6 Å². The van der Waals surface area contributed by atoms with Crippen LogP contribution in [0.1, 0.15) is 36.2 Å². The molecule has 0 atom stereocenters. The zero-order chi connectivity index (χ0) is 24.2. The molecule has 34 heavy (non-hydrogen) atoms. The van der Waals surface area contributed by atoms with E-state index in [0.29, 0.717) is 30.3 Å². The second-order valence-electron chi connectivity index (χ2n) is 8.15. The second-order valence-corrected chi connectivity index (χ2v) is 11.1. The Kier molecular flexibility index (Phi) is 10.0. The van der Waals surface area contributed by atoms with Crippen LogP contribution in [0.2, 0.25) is 0 Å². The minimum atomic E-state index is -3.57. The first-order valence-corrected chi connectivity index (χ1v) is 13.4. The van der Waals surface area contributed by atoms with Gasteiger partial charge < -0.3 is 4.90 Å². The number of thiazole rings is 1. The van der Waals surface area contributed by atoms with E-state index in [1.807, 2.05) is 53.1 Å². The number of halogens is 1. The molecule has 1 heterocycles. The van der Waals surface area contributed by atoms with Gasteiger partial charge in [-0.05, 0) is 69.9 Å². The fraction of sp³-hybridized carbons (Fsp3) is 0.417. The van der Waals surface area contributed by atoms with Crippen molar-refractivity contribution in [2.24, 2.45) is 0 Å². The summed E-state index contributed by atoms with van der Waals surface area (Å²) in [6.45, 7) is 7.80. The normalized spacial score (nSPS) is 11.7. The number of nitrogens with zero attached hydrogens (tertiary/aromatic N) is 4. The minimum absolute atomic E-state index is 0. The summed E-state index contributed by atoms with van der Waals surface area (Å²) >= 11 is 1.50. The van der Waals surface area contributed by atoms with Crippen LogP contribution in [0.25, 0.3) is 10.2 Å². The monoisotopic (exact) mass is 524 g/mol. The van der Waals surface area contributed by atoms with Gasteiger partial charge in [0.05, 0.1) is 15.1 Å². The number of hydrogen-bond donors (Lipinski definition) is 0. The minimum Gasteiger partial charge on any atom is -0.309 e. The van der Waals surface area contributed by atoms with Gasteiger partial charge in [-0.25, -0.2) is 13.4 Å². The predicted octanol–water partition coefficient (Wildman–Crippen LogP) is 4.66. The van der Waals surface area contributed by atoms with Crippen LogP contribution in [0.3, 0.4) is 0 Å². The molecule has 0 radical (unpaired) electrons. The lowest BCUT2D eigenvalue weighted by molar-refractivity contribution is 0.0986. The van der Waals surface area contributed by atoms with Crippen molar-refractivity contribution in [2.45, 2.75) is 32.1 Å². The first-order chi connectivity index (χ1) is 15.7. The average Bonchev–Trinajstić information content (AvgIpc) is 3.22. The van der Waals surface area contributed by atoms with Gasteiger partial charge >= 0.3 is 0 Å².